The van der Waals surface area contributed by atoms with E-state index < -0.39 is 11.9 Å². The van der Waals surface area contributed by atoms with Gasteiger partial charge < -0.3 is 14.8 Å². The number of dihydropyridines is 1. The Kier molecular flexibility index (Phi) is 6.66. The molecular weight excluding hydrogens is 426 g/mol. The smallest absolute Gasteiger partial charge is 0.336 e. The van der Waals surface area contributed by atoms with Gasteiger partial charge in [0.25, 0.3) is 0 Å². The summed E-state index contributed by atoms with van der Waals surface area (Å²) < 4.78 is 11.2. The van der Waals surface area contributed by atoms with Crippen molar-refractivity contribution >= 4 is 23.4 Å². The number of carbonyl (C=O) groups excluding carboxylic acids is 2. The predicted molar refractivity (Wildman–Crippen MR) is 123 cm³/mol. The number of nitrogens with one attached hydrogen (secondary N) is 1. The molecule has 5 nitrogen and oxygen atoms in total. The molecule has 2 aliphatic rings. The lowest BCUT2D eigenvalue weighted by Gasteiger charge is -2.34. The van der Waals surface area contributed by atoms with Crippen molar-refractivity contribution in [3.63, 3.8) is 0 Å². The number of halogens is 1. The van der Waals surface area contributed by atoms with E-state index >= 15 is 0 Å². The summed E-state index contributed by atoms with van der Waals surface area (Å²) >= 11 is 5.93. The highest BCUT2D eigenvalue weighted by Gasteiger charge is 2.38. The molecule has 1 aliphatic carbocycles. The van der Waals surface area contributed by atoms with Crippen LogP contribution >= 0.6 is 11.6 Å². The van der Waals surface area contributed by atoms with Crippen LogP contribution in [0.3, 0.4) is 0 Å². The maximum atomic E-state index is 12.9. The van der Waals surface area contributed by atoms with Crippen LogP contribution in [-0.2, 0) is 20.9 Å². The molecule has 1 heterocycles. The van der Waals surface area contributed by atoms with E-state index in [-0.39, 0.29) is 12.4 Å². The van der Waals surface area contributed by atoms with Crippen LogP contribution in [0.1, 0.15) is 50.2 Å². The Bertz CT molecular complexity index is 1080. The minimum Gasteiger partial charge on any atom is -0.489 e. The number of hydrogen-bond acceptors (Lipinski definition) is 5. The summed E-state index contributed by atoms with van der Waals surface area (Å²) in [6, 6.07) is 15.1. The zero-order valence-corrected chi connectivity index (χ0v) is 19.0. The Hall–Kier alpha value is -3.05. The number of esters is 1. The molecule has 0 bridgehead atoms. The monoisotopic (exact) mass is 451 g/mol. The summed E-state index contributed by atoms with van der Waals surface area (Å²) in [6.45, 7) is 4.35. The Morgan fingerprint density at radius 3 is 2.50 bits per heavy atom. The van der Waals surface area contributed by atoms with Crippen molar-refractivity contribution in [2.45, 2.75) is 45.6 Å². The Morgan fingerprint density at radius 1 is 1.09 bits per heavy atom. The number of rotatable bonds is 6. The summed E-state index contributed by atoms with van der Waals surface area (Å²) in [4.78, 5) is 25.7. The highest BCUT2D eigenvalue weighted by Crippen LogP contribution is 2.42. The van der Waals surface area contributed by atoms with Crippen molar-refractivity contribution < 1.29 is 19.1 Å². The molecule has 32 heavy (non-hydrogen) atoms. The first-order valence-corrected chi connectivity index (χ1v) is 11.2. The molecule has 0 unspecified atom stereocenters. The van der Waals surface area contributed by atoms with Gasteiger partial charge in [-0.15, -0.1) is 0 Å². The number of hydrogen-bond donors (Lipinski definition) is 1. The fraction of sp³-hybridized carbons (Fsp3) is 0.308. The first-order chi connectivity index (χ1) is 15.5. The maximum absolute atomic E-state index is 12.9. The van der Waals surface area contributed by atoms with E-state index in [1.165, 1.54) is 0 Å². The largest absolute Gasteiger partial charge is 0.489 e. The van der Waals surface area contributed by atoms with Gasteiger partial charge in [-0.3, -0.25) is 4.79 Å². The standard InChI is InChI=1S/C26H26ClNO4/c1-3-31-26(30)23-16(2)28-21-5-4-6-22(29)25(21)24(23)18-9-13-20(14-10-18)32-15-17-7-11-19(27)12-8-17/h7-14,24,28H,3-6,15H2,1-2H3/t24-/m1/s1. The second-order valence-electron chi connectivity index (χ2n) is 7.97. The SMILES string of the molecule is CCOC(=O)C1=C(C)NC2=C(C(=O)CCC2)[C@@H]1c1ccc(OCc2ccc(Cl)cc2)cc1. The zero-order chi connectivity index (χ0) is 22.7. The minimum absolute atomic E-state index is 0.0844. The number of allylic oxidation sites excluding steroid dienone is 3. The summed E-state index contributed by atoms with van der Waals surface area (Å²) in [5.74, 6) is -0.0415. The molecule has 2 aromatic rings. The number of ketones is 1. The predicted octanol–water partition coefficient (Wildman–Crippen LogP) is 5.45. The fourth-order valence-electron chi connectivity index (χ4n) is 4.30. The van der Waals surface area contributed by atoms with Crippen LogP contribution in [0.5, 0.6) is 5.75 Å². The van der Waals surface area contributed by atoms with Crippen molar-refractivity contribution in [1.29, 1.82) is 0 Å². The molecule has 1 atom stereocenters. The Labute approximate surface area is 193 Å². The summed E-state index contributed by atoms with van der Waals surface area (Å²) in [5.41, 5.74) is 4.72. The molecule has 0 fully saturated rings. The molecule has 166 valence electrons. The topological polar surface area (TPSA) is 64.6 Å². The van der Waals surface area contributed by atoms with Crippen LogP contribution in [0, 0.1) is 0 Å². The molecule has 0 radical (unpaired) electrons. The van der Waals surface area contributed by atoms with Gasteiger partial charge in [0.15, 0.2) is 5.78 Å². The quantitative estimate of drug-likeness (QED) is 0.591. The Balaban J connectivity index is 1.62. The van der Waals surface area contributed by atoms with Crippen LogP contribution in [0.25, 0.3) is 0 Å². The van der Waals surface area contributed by atoms with Gasteiger partial charge >= 0.3 is 5.97 Å². The molecule has 0 saturated heterocycles. The van der Waals surface area contributed by atoms with Gasteiger partial charge in [-0.05, 0) is 62.1 Å². The lowest BCUT2D eigenvalue weighted by atomic mass is 9.75. The van der Waals surface area contributed by atoms with Gasteiger partial charge in [0, 0.05) is 34.3 Å². The molecule has 6 heteroatoms. The van der Waals surface area contributed by atoms with Gasteiger partial charge in [0.1, 0.15) is 12.4 Å². The third-order valence-corrected chi connectivity index (χ3v) is 6.06. The normalized spacial score (nSPS) is 18.2. The van der Waals surface area contributed by atoms with E-state index in [1.54, 1.807) is 6.92 Å². The molecule has 2 aromatic carbocycles. The van der Waals surface area contributed by atoms with E-state index in [2.05, 4.69) is 5.32 Å². The van der Waals surface area contributed by atoms with Crippen molar-refractivity contribution in [3.8, 4) is 5.75 Å². The number of carbonyl (C=O) groups is 2. The molecule has 0 saturated carbocycles. The molecule has 1 N–H and O–H groups in total. The minimum atomic E-state index is -0.441. The van der Waals surface area contributed by atoms with E-state index in [0.29, 0.717) is 34.9 Å². The summed E-state index contributed by atoms with van der Waals surface area (Å²) in [5, 5.41) is 3.98. The third-order valence-electron chi connectivity index (χ3n) is 5.80. The van der Waals surface area contributed by atoms with Crippen LogP contribution in [0.15, 0.2) is 71.1 Å². The van der Waals surface area contributed by atoms with E-state index in [0.717, 1.165) is 35.4 Å². The second kappa shape index (κ2) is 9.61. The fourth-order valence-corrected chi connectivity index (χ4v) is 4.43. The molecule has 0 spiro atoms. The first-order valence-electron chi connectivity index (χ1n) is 10.9. The van der Waals surface area contributed by atoms with Crippen LogP contribution in [0.2, 0.25) is 5.02 Å². The van der Waals surface area contributed by atoms with Crippen molar-refractivity contribution in [1.82, 2.24) is 5.32 Å². The van der Waals surface area contributed by atoms with Gasteiger partial charge in [-0.25, -0.2) is 4.79 Å². The van der Waals surface area contributed by atoms with Gasteiger partial charge in [-0.1, -0.05) is 35.9 Å². The number of ether oxygens (including phenoxy) is 2. The van der Waals surface area contributed by atoms with E-state index in [1.807, 2.05) is 55.5 Å². The van der Waals surface area contributed by atoms with Crippen molar-refractivity contribution in [3.05, 3.63) is 87.2 Å². The highest BCUT2D eigenvalue weighted by molar-refractivity contribution is 6.30. The average molecular weight is 452 g/mol. The summed E-state index contributed by atoms with van der Waals surface area (Å²) in [7, 11) is 0. The molecule has 0 aromatic heterocycles. The first kappa shape index (κ1) is 22.2. The van der Waals surface area contributed by atoms with Crippen molar-refractivity contribution in [2.24, 2.45) is 0 Å². The lowest BCUT2D eigenvalue weighted by molar-refractivity contribution is -0.138. The number of benzene rings is 2. The maximum Gasteiger partial charge on any atom is 0.336 e. The molecule has 1 aliphatic heterocycles. The molecular formula is C26H26ClNO4. The lowest BCUT2D eigenvalue weighted by Crippen LogP contribution is -2.34. The molecule has 4 rings (SSSR count). The van der Waals surface area contributed by atoms with Crippen LogP contribution < -0.4 is 10.1 Å². The zero-order valence-electron chi connectivity index (χ0n) is 18.2. The van der Waals surface area contributed by atoms with Crippen LogP contribution in [0.4, 0.5) is 0 Å². The van der Waals surface area contributed by atoms with E-state index in [9.17, 15) is 9.59 Å². The van der Waals surface area contributed by atoms with Gasteiger partial charge in [0.05, 0.1) is 12.2 Å². The average Bonchev–Trinajstić information content (AvgIpc) is 2.78. The van der Waals surface area contributed by atoms with Crippen LogP contribution in [-0.4, -0.2) is 18.4 Å². The third kappa shape index (κ3) is 4.58. The Morgan fingerprint density at radius 2 is 1.81 bits per heavy atom. The second-order valence-corrected chi connectivity index (χ2v) is 8.41. The van der Waals surface area contributed by atoms with Gasteiger partial charge in [-0.2, -0.15) is 0 Å². The number of Topliss-reactive ketones (excluding diaryl/α,β-unsaturated/α-hetero) is 1. The van der Waals surface area contributed by atoms with Crippen molar-refractivity contribution in [2.75, 3.05) is 6.61 Å². The van der Waals surface area contributed by atoms with Gasteiger partial charge in [0.2, 0.25) is 0 Å². The summed E-state index contributed by atoms with van der Waals surface area (Å²) in [6.07, 6.45) is 2.11. The highest BCUT2D eigenvalue weighted by atomic mass is 35.5. The molecule has 0 amide bonds. The van der Waals surface area contributed by atoms with E-state index in [4.69, 9.17) is 21.1 Å².